The van der Waals surface area contributed by atoms with Gasteiger partial charge in [0.1, 0.15) is 0 Å². The topological polar surface area (TPSA) is 35.5 Å². The van der Waals surface area contributed by atoms with E-state index in [9.17, 15) is 4.79 Å². The van der Waals surface area contributed by atoms with Gasteiger partial charge in [-0.25, -0.2) is 4.79 Å². The van der Waals surface area contributed by atoms with Crippen LogP contribution in [0.3, 0.4) is 0 Å². The van der Waals surface area contributed by atoms with E-state index in [0.717, 1.165) is 19.3 Å². The Kier molecular flexibility index (Phi) is 7.11. The van der Waals surface area contributed by atoms with Crippen molar-refractivity contribution in [1.29, 1.82) is 0 Å². The van der Waals surface area contributed by atoms with E-state index in [1.807, 2.05) is 13.8 Å². The van der Waals surface area contributed by atoms with Crippen molar-refractivity contribution < 1.29 is 14.3 Å². The molecule has 0 heterocycles. The fraction of sp³-hybridized carbons (Fsp3) is 0.727. The Balaban J connectivity index is 3.94. The number of carbonyl (C=O) groups excluding carboxylic acids is 1. The monoisotopic (exact) mass is 200 g/mol. The van der Waals surface area contributed by atoms with Crippen molar-refractivity contribution in [3.63, 3.8) is 0 Å². The van der Waals surface area contributed by atoms with Gasteiger partial charge >= 0.3 is 5.97 Å². The van der Waals surface area contributed by atoms with Gasteiger partial charge in [-0.1, -0.05) is 26.8 Å². The van der Waals surface area contributed by atoms with Gasteiger partial charge in [-0.3, -0.25) is 0 Å². The number of esters is 1. The van der Waals surface area contributed by atoms with Crippen LogP contribution in [0.25, 0.3) is 0 Å². The number of rotatable bonds is 7. The number of carbonyl (C=O) groups is 1. The predicted molar refractivity (Wildman–Crippen MR) is 55.8 cm³/mol. The predicted octanol–water partition coefficient (Wildman–Crippen LogP) is 2.66. The average Bonchev–Trinajstić information content (AvgIpc) is 2.14. The van der Waals surface area contributed by atoms with Crippen molar-refractivity contribution in [1.82, 2.24) is 0 Å². The molecule has 3 heteroatoms. The van der Waals surface area contributed by atoms with E-state index in [1.54, 1.807) is 6.92 Å². The van der Waals surface area contributed by atoms with E-state index in [0.29, 0.717) is 12.2 Å². The van der Waals surface area contributed by atoms with Crippen LogP contribution >= 0.6 is 0 Å². The molecule has 0 radical (unpaired) electrons. The highest BCUT2D eigenvalue weighted by Crippen LogP contribution is 2.07. The first kappa shape index (κ1) is 13.2. The zero-order valence-corrected chi connectivity index (χ0v) is 9.34. The highest BCUT2D eigenvalue weighted by molar-refractivity contribution is 5.86. The maximum atomic E-state index is 11.2. The zero-order valence-electron chi connectivity index (χ0n) is 9.34. The molecule has 0 spiro atoms. The minimum atomic E-state index is -0.413. The normalized spacial score (nSPS) is 12.2. The van der Waals surface area contributed by atoms with Crippen molar-refractivity contribution in [3.8, 4) is 0 Å². The number of hydrogen-bond acceptors (Lipinski definition) is 3. The van der Waals surface area contributed by atoms with Crippen LogP contribution in [0, 0.1) is 0 Å². The molecule has 0 aliphatic heterocycles. The molecule has 0 amide bonds. The van der Waals surface area contributed by atoms with Crippen molar-refractivity contribution in [3.05, 3.63) is 12.2 Å². The van der Waals surface area contributed by atoms with Gasteiger partial charge in [0.05, 0.1) is 6.61 Å². The molecule has 1 atom stereocenters. The molecule has 0 saturated heterocycles. The second-order valence-electron chi connectivity index (χ2n) is 3.27. The molecule has 0 aliphatic carbocycles. The Morgan fingerprint density at radius 2 is 2.00 bits per heavy atom. The van der Waals surface area contributed by atoms with E-state index in [1.165, 1.54) is 0 Å². The first-order valence-corrected chi connectivity index (χ1v) is 5.09. The molecule has 82 valence electrons. The van der Waals surface area contributed by atoms with Crippen molar-refractivity contribution in [2.24, 2.45) is 0 Å². The van der Waals surface area contributed by atoms with Gasteiger partial charge in [0, 0.05) is 12.0 Å². The molecule has 0 aromatic carbocycles. The average molecular weight is 200 g/mol. The van der Waals surface area contributed by atoms with E-state index in [-0.39, 0.29) is 5.97 Å². The van der Waals surface area contributed by atoms with Gasteiger partial charge in [-0.15, -0.1) is 0 Å². The Morgan fingerprint density at radius 3 is 2.43 bits per heavy atom. The smallest absolute Gasteiger partial charge is 0.335 e. The van der Waals surface area contributed by atoms with E-state index < -0.39 is 6.29 Å². The highest BCUT2D eigenvalue weighted by atomic mass is 16.7. The first-order valence-electron chi connectivity index (χ1n) is 5.09. The largest absolute Gasteiger partial charge is 0.432 e. The molecule has 0 bridgehead atoms. The molecule has 0 N–H and O–H groups in total. The summed E-state index contributed by atoms with van der Waals surface area (Å²) in [6.45, 7) is 9.81. The lowest BCUT2D eigenvalue weighted by Crippen LogP contribution is -2.22. The van der Waals surface area contributed by atoms with Gasteiger partial charge in [-0.2, -0.15) is 0 Å². The lowest BCUT2D eigenvalue weighted by atomic mass is 10.3. The summed E-state index contributed by atoms with van der Waals surface area (Å²) in [5.74, 6) is -0.375. The molecular weight excluding hydrogens is 180 g/mol. The van der Waals surface area contributed by atoms with Crippen LogP contribution in [0.1, 0.15) is 40.0 Å². The molecule has 1 unspecified atom stereocenters. The lowest BCUT2D eigenvalue weighted by Gasteiger charge is -2.17. The van der Waals surface area contributed by atoms with Crippen LogP contribution in [0.2, 0.25) is 0 Å². The van der Waals surface area contributed by atoms with Crippen LogP contribution < -0.4 is 0 Å². The van der Waals surface area contributed by atoms with E-state index in [2.05, 4.69) is 6.58 Å². The minimum Gasteiger partial charge on any atom is -0.432 e. The maximum absolute atomic E-state index is 11.2. The molecular formula is C11H20O3. The molecule has 0 rings (SSSR count). The van der Waals surface area contributed by atoms with Crippen LogP contribution in [-0.2, 0) is 14.3 Å². The quantitative estimate of drug-likeness (QED) is 0.360. The van der Waals surface area contributed by atoms with E-state index >= 15 is 0 Å². The summed E-state index contributed by atoms with van der Waals surface area (Å²) in [5.41, 5.74) is 0.409. The molecule has 0 aromatic rings. The van der Waals surface area contributed by atoms with Crippen LogP contribution in [0.5, 0.6) is 0 Å². The molecule has 3 nitrogen and oxygen atoms in total. The Bertz CT molecular complexity index is 187. The van der Waals surface area contributed by atoms with Gasteiger partial charge in [0.15, 0.2) is 0 Å². The van der Waals surface area contributed by atoms with E-state index in [4.69, 9.17) is 9.47 Å². The third-order valence-electron chi connectivity index (χ3n) is 1.62. The standard InChI is InChI=1S/C11H20O3/c1-5-7-10(13-8-6-2)14-11(12)9(3)4/h10H,3,5-8H2,1-2,4H3. The Labute approximate surface area is 86.1 Å². The molecule has 0 fully saturated rings. The summed E-state index contributed by atoms with van der Waals surface area (Å²) < 4.78 is 10.5. The fourth-order valence-electron chi connectivity index (χ4n) is 0.881. The van der Waals surface area contributed by atoms with Gasteiger partial charge in [-0.05, 0) is 13.3 Å². The summed E-state index contributed by atoms with van der Waals surface area (Å²) in [6, 6.07) is 0. The van der Waals surface area contributed by atoms with Crippen LogP contribution in [0.4, 0.5) is 0 Å². The molecule has 0 aliphatic rings. The summed E-state index contributed by atoms with van der Waals surface area (Å²) in [7, 11) is 0. The Hall–Kier alpha value is -0.830. The first-order chi connectivity index (χ1) is 6.61. The molecule has 0 aromatic heterocycles. The summed E-state index contributed by atoms with van der Waals surface area (Å²) in [4.78, 5) is 11.2. The van der Waals surface area contributed by atoms with Gasteiger partial charge < -0.3 is 9.47 Å². The highest BCUT2D eigenvalue weighted by Gasteiger charge is 2.13. The minimum absolute atomic E-state index is 0.375. The van der Waals surface area contributed by atoms with Crippen molar-refractivity contribution >= 4 is 5.97 Å². The number of hydrogen-bond donors (Lipinski definition) is 0. The Morgan fingerprint density at radius 1 is 1.36 bits per heavy atom. The SMILES string of the molecule is C=C(C)C(=O)OC(CCC)OCCC. The fourth-order valence-corrected chi connectivity index (χ4v) is 0.881. The van der Waals surface area contributed by atoms with Crippen molar-refractivity contribution in [2.75, 3.05) is 6.61 Å². The van der Waals surface area contributed by atoms with Crippen LogP contribution in [-0.4, -0.2) is 18.9 Å². The second kappa shape index (κ2) is 7.56. The summed E-state index contributed by atoms with van der Waals surface area (Å²) >= 11 is 0. The lowest BCUT2D eigenvalue weighted by molar-refractivity contribution is -0.175. The second-order valence-corrected chi connectivity index (χ2v) is 3.27. The number of ether oxygens (including phenoxy) is 2. The maximum Gasteiger partial charge on any atom is 0.335 e. The third-order valence-corrected chi connectivity index (χ3v) is 1.62. The summed E-state index contributed by atoms with van der Waals surface area (Å²) in [5, 5.41) is 0. The van der Waals surface area contributed by atoms with Crippen LogP contribution in [0.15, 0.2) is 12.2 Å². The molecule has 0 saturated carbocycles. The third kappa shape index (κ3) is 5.75. The zero-order chi connectivity index (χ0) is 11.0. The van der Waals surface area contributed by atoms with Gasteiger partial charge in [0.25, 0.3) is 0 Å². The van der Waals surface area contributed by atoms with Crippen molar-refractivity contribution in [2.45, 2.75) is 46.3 Å². The summed E-state index contributed by atoms with van der Waals surface area (Å²) in [6.07, 6.45) is 2.17. The molecule has 14 heavy (non-hydrogen) atoms. The van der Waals surface area contributed by atoms with Gasteiger partial charge in [0.2, 0.25) is 6.29 Å².